The van der Waals surface area contributed by atoms with E-state index in [0.29, 0.717) is 23.3 Å². The average Bonchev–Trinajstić information content (AvgIpc) is 3.92. The highest BCUT2D eigenvalue weighted by Gasteiger charge is 2.17. The molecule has 0 aliphatic carbocycles. The molecule has 0 radical (unpaired) electrons. The number of benzene rings is 8. The van der Waals surface area contributed by atoms with Crippen LogP contribution in [-0.2, 0) is 0 Å². The lowest BCUT2D eigenvalue weighted by atomic mass is 9.99. The summed E-state index contributed by atoms with van der Waals surface area (Å²) in [5, 5.41) is 4.28. The number of hydrogen-bond donors (Lipinski definition) is 0. The molecular formula is C55H33N5O2. The van der Waals surface area contributed by atoms with Gasteiger partial charge in [0.15, 0.2) is 23.3 Å². The lowest BCUT2D eigenvalue weighted by molar-refractivity contribution is 0.668. The van der Waals surface area contributed by atoms with E-state index in [2.05, 4.69) is 91.0 Å². The molecule has 0 amide bonds. The normalized spacial score (nSPS) is 11.5. The summed E-state index contributed by atoms with van der Waals surface area (Å²) in [6.45, 7) is 0. The van der Waals surface area contributed by atoms with E-state index in [1.165, 1.54) is 0 Å². The predicted octanol–water partition coefficient (Wildman–Crippen LogP) is 14.1. The first-order valence-corrected chi connectivity index (χ1v) is 20.5. The number of para-hydroxylation sites is 2. The fraction of sp³-hybridized carbons (Fsp3) is 0. The van der Waals surface area contributed by atoms with Crippen LogP contribution in [-0.4, -0.2) is 24.9 Å². The third kappa shape index (κ3) is 6.36. The second-order valence-corrected chi connectivity index (χ2v) is 15.3. The molecule has 290 valence electrons. The van der Waals surface area contributed by atoms with Crippen LogP contribution in [0, 0.1) is 0 Å². The fourth-order valence-electron chi connectivity index (χ4n) is 8.26. The van der Waals surface area contributed by atoms with Crippen LogP contribution in [0.5, 0.6) is 0 Å². The summed E-state index contributed by atoms with van der Waals surface area (Å²) in [5.41, 5.74) is 12.5. The van der Waals surface area contributed by atoms with Crippen LogP contribution in [0.4, 0.5) is 0 Å². The molecule has 0 aliphatic heterocycles. The summed E-state index contributed by atoms with van der Waals surface area (Å²) in [4.78, 5) is 25.4. The zero-order chi connectivity index (χ0) is 41.0. The van der Waals surface area contributed by atoms with E-state index in [0.717, 1.165) is 99.8 Å². The molecule has 0 spiro atoms. The number of fused-ring (bicyclic) bond motifs is 6. The SMILES string of the molecule is c1ccc(-c2cc(-c3cccc(-c4cccc(-c5nc(-c6ccccc6)nc(-c6ccc7c(c6)oc6ccccc67)n5)c4)c3)nc(-c3ccc4c(c3)oc3ccccc34)n2)cc1. The zero-order valence-corrected chi connectivity index (χ0v) is 33.1. The first-order chi connectivity index (χ1) is 30.7. The smallest absolute Gasteiger partial charge is 0.164 e. The molecule has 0 bridgehead atoms. The van der Waals surface area contributed by atoms with Crippen LogP contribution in [0.15, 0.2) is 209 Å². The van der Waals surface area contributed by atoms with Gasteiger partial charge in [-0.1, -0.05) is 146 Å². The molecule has 4 aromatic heterocycles. The largest absolute Gasteiger partial charge is 0.456 e. The molecule has 0 saturated heterocycles. The number of aromatic nitrogens is 5. The third-order valence-electron chi connectivity index (χ3n) is 11.3. The van der Waals surface area contributed by atoms with Gasteiger partial charge in [-0.3, -0.25) is 0 Å². The standard InChI is InChI=1S/C55H33N5O2/c1-3-13-34(14-4-1)46-33-47(57-53(56-46)40-25-27-44-42-21-7-9-23-48(42)61-50(44)31-40)38-19-11-17-36(29-38)37-18-12-20-39(30-37)54-58-52(35-15-5-2-6-16-35)59-55(60-54)41-26-28-45-43-22-8-10-24-49(43)62-51(45)32-41/h1-33H. The topological polar surface area (TPSA) is 90.7 Å². The minimum atomic E-state index is 0.567. The van der Waals surface area contributed by atoms with Crippen molar-refractivity contribution in [3.05, 3.63) is 200 Å². The number of rotatable bonds is 7. The minimum absolute atomic E-state index is 0.567. The lowest BCUT2D eigenvalue weighted by Crippen LogP contribution is -2.00. The van der Waals surface area contributed by atoms with Crippen LogP contribution in [0.1, 0.15) is 0 Å². The molecule has 7 heteroatoms. The van der Waals surface area contributed by atoms with Crippen LogP contribution < -0.4 is 0 Å². The van der Waals surface area contributed by atoms with Gasteiger partial charge in [-0.25, -0.2) is 24.9 Å². The van der Waals surface area contributed by atoms with E-state index in [9.17, 15) is 0 Å². The molecule has 62 heavy (non-hydrogen) atoms. The summed E-state index contributed by atoms with van der Waals surface area (Å²) >= 11 is 0. The van der Waals surface area contributed by atoms with Crippen molar-refractivity contribution in [2.75, 3.05) is 0 Å². The molecule has 7 nitrogen and oxygen atoms in total. The first-order valence-electron chi connectivity index (χ1n) is 20.5. The molecule has 0 N–H and O–H groups in total. The lowest BCUT2D eigenvalue weighted by Gasteiger charge is -2.12. The van der Waals surface area contributed by atoms with E-state index in [1.807, 2.05) is 109 Å². The highest BCUT2D eigenvalue weighted by molar-refractivity contribution is 6.06. The number of hydrogen-bond acceptors (Lipinski definition) is 7. The van der Waals surface area contributed by atoms with Crippen molar-refractivity contribution in [1.29, 1.82) is 0 Å². The summed E-state index contributed by atoms with van der Waals surface area (Å²) in [5.74, 6) is 2.36. The Morgan fingerprint density at radius 1 is 0.226 bits per heavy atom. The van der Waals surface area contributed by atoms with Crippen LogP contribution in [0.3, 0.4) is 0 Å². The molecule has 0 atom stereocenters. The first kappa shape index (κ1) is 35.4. The van der Waals surface area contributed by atoms with E-state index >= 15 is 0 Å². The van der Waals surface area contributed by atoms with Crippen molar-refractivity contribution in [3.8, 4) is 79.2 Å². The van der Waals surface area contributed by atoms with Crippen molar-refractivity contribution in [3.63, 3.8) is 0 Å². The Hall–Kier alpha value is -8.55. The third-order valence-corrected chi connectivity index (χ3v) is 11.3. The van der Waals surface area contributed by atoms with Gasteiger partial charge in [-0.15, -0.1) is 0 Å². The fourth-order valence-corrected chi connectivity index (χ4v) is 8.26. The second kappa shape index (κ2) is 14.6. The number of nitrogens with zero attached hydrogens (tertiary/aromatic N) is 5. The monoisotopic (exact) mass is 795 g/mol. The van der Waals surface area contributed by atoms with Crippen LogP contribution >= 0.6 is 0 Å². The maximum atomic E-state index is 6.26. The van der Waals surface area contributed by atoms with E-state index in [1.54, 1.807) is 0 Å². The Morgan fingerprint density at radius 3 is 1.19 bits per heavy atom. The molecule has 0 unspecified atom stereocenters. The number of furan rings is 2. The van der Waals surface area contributed by atoms with Gasteiger partial charge in [-0.05, 0) is 65.7 Å². The van der Waals surface area contributed by atoms with Gasteiger partial charge in [0.25, 0.3) is 0 Å². The molecule has 4 heterocycles. The molecule has 12 rings (SSSR count). The highest BCUT2D eigenvalue weighted by Crippen LogP contribution is 2.36. The van der Waals surface area contributed by atoms with Gasteiger partial charge < -0.3 is 8.83 Å². The summed E-state index contributed by atoms with van der Waals surface area (Å²) in [6.07, 6.45) is 0. The van der Waals surface area contributed by atoms with Crippen molar-refractivity contribution in [2.45, 2.75) is 0 Å². The van der Waals surface area contributed by atoms with Crippen molar-refractivity contribution >= 4 is 43.9 Å². The summed E-state index contributed by atoms with van der Waals surface area (Å²) in [7, 11) is 0. The molecule has 0 aliphatic rings. The van der Waals surface area contributed by atoms with E-state index in [4.69, 9.17) is 33.8 Å². The van der Waals surface area contributed by atoms with E-state index < -0.39 is 0 Å². The quantitative estimate of drug-likeness (QED) is 0.159. The average molecular weight is 796 g/mol. The van der Waals surface area contributed by atoms with Gasteiger partial charge in [0, 0.05) is 54.9 Å². The van der Waals surface area contributed by atoms with Gasteiger partial charge in [0.2, 0.25) is 0 Å². The minimum Gasteiger partial charge on any atom is -0.456 e. The van der Waals surface area contributed by atoms with Gasteiger partial charge >= 0.3 is 0 Å². The Kier molecular flexibility index (Phi) is 8.35. The maximum absolute atomic E-state index is 6.26. The molecular weight excluding hydrogens is 763 g/mol. The Balaban J connectivity index is 0.943. The van der Waals surface area contributed by atoms with Crippen molar-refractivity contribution in [1.82, 2.24) is 24.9 Å². The van der Waals surface area contributed by atoms with Gasteiger partial charge in [0.1, 0.15) is 22.3 Å². The van der Waals surface area contributed by atoms with Gasteiger partial charge in [0.05, 0.1) is 11.4 Å². The summed E-state index contributed by atoms with van der Waals surface area (Å²) in [6, 6.07) is 67.7. The molecule has 0 fully saturated rings. The van der Waals surface area contributed by atoms with Crippen LogP contribution in [0.2, 0.25) is 0 Å². The molecule has 12 aromatic rings. The highest BCUT2D eigenvalue weighted by atomic mass is 16.3. The second-order valence-electron chi connectivity index (χ2n) is 15.3. The predicted molar refractivity (Wildman–Crippen MR) is 248 cm³/mol. The Labute approximate surface area is 355 Å². The van der Waals surface area contributed by atoms with Gasteiger partial charge in [-0.2, -0.15) is 0 Å². The zero-order valence-electron chi connectivity index (χ0n) is 33.1. The van der Waals surface area contributed by atoms with E-state index in [-0.39, 0.29) is 0 Å². The molecule has 0 saturated carbocycles. The molecule has 8 aromatic carbocycles. The Bertz CT molecular complexity index is 3410. The summed E-state index contributed by atoms with van der Waals surface area (Å²) < 4.78 is 12.5. The maximum Gasteiger partial charge on any atom is 0.164 e. The van der Waals surface area contributed by atoms with Crippen molar-refractivity contribution < 1.29 is 8.83 Å². The Morgan fingerprint density at radius 2 is 0.613 bits per heavy atom. The van der Waals surface area contributed by atoms with Crippen LogP contribution in [0.25, 0.3) is 123 Å². The van der Waals surface area contributed by atoms with Crippen molar-refractivity contribution in [2.24, 2.45) is 0 Å².